The zero-order valence-electron chi connectivity index (χ0n) is 12.8. The van der Waals surface area contributed by atoms with Crippen molar-refractivity contribution >= 4 is 5.97 Å². The van der Waals surface area contributed by atoms with Gasteiger partial charge >= 0.3 is 12.0 Å². The Bertz CT molecular complexity index is 553. The molecule has 0 N–H and O–H groups in total. The molecule has 0 saturated heterocycles. The number of nitriles is 1. The maximum Gasteiger partial charge on any atom is 0.337 e. The Morgan fingerprint density at radius 2 is 1.86 bits per heavy atom. The van der Waals surface area contributed by atoms with E-state index in [1.165, 1.54) is 21.3 Å². The summed E-state index contributed by atoms with van der Waals surface area (Å²) in [7, 11) is 4.26. The molecule has 0 radical (unpaired) electrons. The van der Waals surface area contributed by atoms with Gasteiger partial charge in [0.1, 0.15) is 5.92 Å². The lowest BCUT2D eigenvalue weighted by Gasteiger charge is -2.23. The third-order valence-electron chi connectivity index (χ3n) is 3.34. The molecule has 2 atom stereocenters. The van der Waals surface area contributed by atoms with Crippen molar-refractivity contribution in [2.45, 2.75) is 18.8 Å². The average Bonchev–Trinajstić information content (AvgIpc) is 2.56. The predicted molar refractivity (Wildman–Crippen MR) is 78.8 cm³/mol. The zero-order chi connectivity index (χ0) is 16.5. The van der Waals surface area contributed by atoms with Gasteiger partial charge in [0.2, 0.25) is 0 Å². The first kappa shape index (κ1) is 17.6. The summed E-state index contributed by atoms with van der Waals surface area (Å²) >= 11 is 0. The van der Waals surface area contributed by atoms with E-state index in [-0.39, 0.29) is 0 Å². The first-order chi connectivity index (χ1) is 10.6. The monoisotopic (exact) mass is 302 g/mol. The maximum atomic E-state index is 11.4. The first-order valence-corrected chi connectivity index (χ1v) is 6.60. The van der Waals surface area contributed by atoms with E-state index in [2.05, 4.69) is 9.58 Å². The third-order valence-corrected chi connectivity index (χ3v) is 3.34. The molecule has 0 fully saturated rings. The number of rotatable bonds is 7. The fourth-order valence-electron chi connectivity index (χ4n) is 2.19. The molecule has 1 aromatic rings. The molecule has 0 spiro atoms. The molecule has 0 aliphatic carbocycles. The predicted octanol–water partition coefficient (Wildman–Crippen LogP) is 2.06. The first-order valence-electron chi connectivity index (χ1n) is 6.60. The van der Waals surface area contributed by atoms with Gasteiger partial charge in [0.05, 0.1) is 12.7 Å². The van der Waals surface area contributed by atoms with Crippen LogP contribution in [0.15, 0.2) is 24.3 Å². The molecular formula is C16H18N2O4. The minimum atomic E-state index is -0.870. The largest absolute Gasteiger partial charge is 0.465 e. The molecule has 0 amide bonds. The topological polar surface area (TPSA) is 72.9 Å². The van der Waals surface area contributed by atoms with Gasteiger partial charge in [-0.05, 0) is 24.1 Å². The Morgan fingerprint density at radius 1 is 1.27 bits per heavy atom. The highest BCUT2D eigenvalue weighted by molar-refractivity contribution is 5.89. The molecule has 2 unspecified atom stereocenters. The van der Waals surface area contributed by atoms with Crippen LogP contribution in [0.4, 0.5) is 0 Å². The second-order valence-electron chi connectivity index (χ2n) is 4.60. The number of carbonyl (C=O) groups excluding carboxylic acids is 1. The Balaban J connectivity index is 2.97. The van der Waals surface area contributed by atoms with Crippen molar-refractivity contribution < 1.29 is 19.0 Å². The van der Waals surface area contributed by atoms with Crippen LogP contribution in [-0.2, 0) is 20.6 Å². The van der Waals surface area contributed by atoms with E-state index in [4.69, 9.17) is 21.3 Å². The molecule has 1 rings (SSSR count). The van der Waals surface area contributed by atoms with Crippen molar-refractivity contribution in [3.63, 3.8) is 0 Å². The van der Waals surface area contributed by atoms with E-state index >= 15 is 0 Å². The van der Waals surface area contributed by atoms with E-state index in [0.29, 0.717) is 12.0 Å². The molecule has 6 nitrogen and oxygen atoms in total. The summed E-state index contributed by atoms with van der Waals surface area (Å²) in [4.78, 5) is 14.7. The number of methoxy groups -OCH3 is 3. The maximum absolute atomic E-state index is 11.4. The molecule has 0 heterocycles. The van der Waals surface area contributed by atoms with E-state index in [9.17, 15) is 4.79 Å². The highest BCUT2D eigenvalue weighted by Gasteiger charge is 2.34. The lowest BCUT2D eigenvalue weighted by molar-refractivity contribution is -0.136. The van der Waals surface area contributed by atoms with Crippen molar-refractivity contribution in [1.29, 1.82) is 5.26 Å². The van der Waals surface area contributed by atoms with Crippen molar-refractivity contribution in [2.24, 2.45) is 5.92 Å². The lowest BCUT2D eigenvalue weighted by atomic mass is 9.92. The molecule has 0 aliphatic rings. The standard InChI is InChI=1S/C16H18N2O4/c1-18-14(10-17)13(16(21-3)22-4)9-11-5-7-12(8-6-11)15(19)20-2/h5-8,13-14,16H,9H2,2-4H3. The molecule has 6 heteroatoms. The number of esters is 1. The van der Waals surface area contributed by atoms with Gasteiger partial charge in [-0.2, -0.15) is 5.26 Å². The minimum absolute atomic E-state index is 0.411. The quantitative estimate of drug-likeness (QED) is 0.438. The summed E-state index contributed by atoms with van der Waals surface area (Å²) in [6.07, 6.45) is -0.229. The van der Waals surface area contributed by atoms with Gasteiger partial charge in [-0.25, -0.2) is 11.4 Å². The Kier molecular flexibility index (Phi) is 7.04. The number of hydrogen-bond donors (Lipinski definition) is 0. The second kappa shape index (κ2) is 8.78. The number of ether oxygens (including phenoxy) is 3. The molecule has 0 aromatic heterocycles. The van der Waals surface area contributed by atoms with Crippen LogP contribution in [0.25, 0.3) is 4.85 Å². The third kappa shape index (κ3) is 4.29. The van der Waals surface area contributed by atoms with Crippen molar-refractivity contribution in [3.05, 3.63) is 46.8 Å². The van der Waals surface area contributed by atoms with Crippen LogP contribution in [0.5, 0.6) is 0 Å². The highest BCUT2D eigenvalue weighted by atomic mass is 16.7. The highest BCUT2D eigenvalue weighted by Crippen LogP contribution is 2.22. The molecule has 1 aromatic carbocycles. The molecular weight excluding hydrogens is 284 g/mol. The summed E-state index contributed by atoms with van der Waals surface area (Å²) in [5.41, 5.74) is 1.32. The van der Waals surface area contributed by atoms with Crippen LogP contribution < -0.4 is 0 Å². The summed E-state index contributed by atoms with van der Waals surface area (Å²) < 4.78 is 15.1. The Hall–Kier alpha value is -2.41. The van der Waals surface area contributed by atoms with Gasteiger partial charge in [-0.1, -0.05) is 12.1 Å². The Morgan fingerprint density at radius 3 is 2.27 bits per heavy atom. The molecule has 22 heavy (non-hydrogen) atoms. The van der Waals surface area contributed by atoms with E-state index in [1.807, 2.05) is 6.07 Å². The molecule has 116 valence electrons. The second-order valence-corrected chi connectivity index (χ2v) is 4.60. The van der Waals surface area contributed by atoms with E-state index < -0.39 is 24.2 Å². The van der Waals surface area contributed by atoms with Crippen LogP contribution in [0.2, 0.25) is 0 Å². The van der Waals surface area contributed by atoms with Gasteiger partial charge in [-0.3, -0.25) is 4.85 Å². The number of nitrogens with zero attached hydrogens (tertiary/aromatic N) is 2. The fourth-order valence-corrected chi connectivity index (χ4v) is 2.19. The summed E-state index contributed by atoms with van der Waals surface area (Å²) in [5, 5.41) is 9.13. The number of benzene rings is 1. The van der Waals surface area contributed by atoms with Crippen molar-refractivity contribution in [2.75, 3.05) is 21.3 Å². The molecule has 0 aliphatic heterocycles. The van der Waals surface area contributed by atoms with Crippen LogP contribution in [0, 0.1) is 23.8 Å². The lowest BCUT2D eigenvalue weighted by Crippen LogP contribution is -2.34. The van der Waals surface area contributed by atoms with Gasteiger partial charge in [0.15, 0.2) is 12.4 Å². The van der Waals surface area contributed by atoms with Crippen molar-refractivity contribution in [1.82, 2.24) is 0 Å². The number of hydrogen-bond acceptors (Lipinski definition) is 5. The molecule has 0 saturated carbocycles. The van der Waals surface area contributed by atoms with Gasteiger partial charge < -0.3 is 14.2 Å². The average molecular weight is 302 g/mol. The summed E-state index contributed by atoms with van der Waals surface area (Å²) in [6.45, 7) is 7.15. The van der Waals surface area contributed by atoms with Gasteiger partial charge in [0, 0.05) is 14.2 Å². The number of carbonyl (C=O) groups is 1. The van der Waals surface area contributed by atoms with Gasteiger partial charge in [-0.15, -0.1) is 0 Å². The Labute approximate surface area is 130 Å². The van der Waals surface area contributed by atoms with E-state index in [1.54, 1.807) is 24.3 Å². The van der Waals surface area contributed by atoms with Gasteiger partial charge in [0.25, 0.3) is 0 Å². The normalized spacial score (nSPS) is 13.0. The smallest absolute Gasteiger partial charge is 0.337 e. The van der Waals surface area contributed by atoms with E-state index in [0.717, 1.165) is 5.56 Å². The van der Waals surface area contributed by atoms with Crippen LogP contribution >= 0.6 is 0 Å². The fraction of sp³-hybridized carbons (Fsp3) is 0.438. The molecule has 0 bridgehead atoms. The zero-order valence-corrected chi connectivity index (χ0v) is 12.8. The van der Waals surface area contributed by atoms with Crippen molar-refractivity contribution in [3.8, 4) is 6.07 Å². The SMILES string of the molecule is [C-]#[N+]C(C#N)C(Cc1ccc(C(=O)OC)cc1)C(OC)OC. The summed E-state index contributed by atoms with van der Waals surface area (Å²) in [6, 6.07) is 7.92. The minimum Gasteiger partial charge on any atom is -0.465 e. The van der Waals surface area contributed by atoms with Crippen LogP contribution in [-0.4, -0.2) is 39.6 Å². The van der Waals surface area contributed by atoms with Crippen LogP contribution in [0.1, 0.15) is 15.9 Å². The summed E-state index contributed by atoms with van der Waals surface area (Å²) in [5.74, 6) is -0.840. The van der Waals surface area contributed by atoms with Crippen LogP contribution in [0.3, 0.4) is 0 Å².